The van der Waals surface area contributed by atoms with Gasteiger partial charge in [0.2, 0.25) is 0 Å². The molecule has 1 spiro atoms. The van der Waals surface area contributed by atoms with Crippen molar-refractivity contribution in [3.05, 3.63) is 65.2 Å². The molecule has 2 heterocycles. The van der Waals surface area contributed by atoms with E-state index in [1.165, 1.54) is 29.5 Å². The van der Waals surface area contributed by atoms with Gasteiger partial charge in [-0.2, -0.15) is 0 Å². The molecule has 1 unspecified atom stereocenters. The van der Waals surface area contributed by atoms with E-state index in [0.29, 0.717) is 39.3 Å². The number of methoxy groups -OCH3 is 1. The van der Waals surface area contributed by atoms with Gasteiger partial charge >= 0.3 is 0 Å². The highest BCUT2D eigenvalue weighted by atomic mass is 16.7. The largest absolute Gasteiger partial charge is 0.497 e. The summed E-state index contributed by atoms with van der Waals surface area (Å²) in [7, 11) is 1.73. The van der Waals surface area contributed by atoms with Crippen LogP contribution in [0.3, 0.4) is 0 Å². The predicted octanol–water partition coefficient (Wildman–Crippen LogP) is 4.46. The Bertz CT molecular complexity index is 1150. The molecule has 6 nitrogen and oxygen atoms in total. The summed E-state index contributed by atoms with van der Waals surface area (Å²) in [6, 6.07) is 16.9. The summed E-state index contributed by atoms with van der Waals surface area (Å²) in [5.41, 5.74) is 2.52. The van der Waals surface area contributed by atoms with E-state index in [0.717, 1.165) is 44.0 Å². The number of aliphatic hydroxyl groups is 1. The highest BCUT2D eigenvalue weighted by Gasteiger charge is 2.70. The molecule has 4 fully saturated rings. The minimum Gasteiger partial charge on any atom is -0.497 e. The fraction of sp³-hybridized carbons (Fsp3) is 0.625. The van der Waals surface area contributed by atoms with Crippen LogP contribution in [0.2, 0.25) is 0 Å². The lowest BCUT2D eigenvalue weighted by atomic mass is 9.46. The standard InChI is InChI=1S/C32H41NO5/c1-35-27-10-9-25-17-29-31(34)19-26(11-14-36-21-24-5-3-2-4-6-24)32(37-15-16-38-32)22-30(31,28(25)18-27)12-13-33(29)20-23-7-8-23/h2-6,9-10,18,23,26,29,34H,7-8,11-17,19-22H2,1H3/t26?,29-,30-,31-/m1/s1. The Hall–Kier alpha value is -1.96. The van der Waals surface area contributed by atoms with Crippen molar-refractivity contribution in [2.24, 2.45) is 11.8 Å². The second kappa shape index (κ2) is 9.60. The molecular formula is C32H41NO5. The second-order valence-electron chi connectivity index (χ2n) is 12.4. The number of piperidine rings is 1. The van der Waals surface area contributed by atoms with Gasteiger partial charge in [-0.15, -0.1) is 0 Å². The molecule has 2 aromatic rings. The van der Waals surface area contributed by atoms with E-state index in [1.54, 1.807) is 7.11 Å². The topological polar surface area (TPSA) is 60.4 Å². The van der Waals surface area contributed by atoms with Gasteiger partial charge < -0.3 is 24.1 Å². The number of likely N-dealkylation sites (tertiary alicyclic amines) is 1. The maximum absolute atomic E-state index is 13.0. The van der Waals surface area contributed by atoms with Crippen LogP contribution in [0.15, 0.2) is 48.5 Å². The lowest BCUT2D eigenvalue weighted by Crippen LogP contribution is -2.76. The molecule has 1 N–H and O–H groups in total. The van der Waals surface area contributed by atoms with Crippen molar-refractivity contribution in [3.8, 4) is 5.75 Å². The van der Waals surface area contributed by atoms with E-state index in [-0.39, 0.29) is 12.0 Å². The zero-order valence-corrected chi connectivity index (χ0v) is 22.6. The number of hydrogen-bond acceptors (Lipinski definition) is 6. The van der Waals surface area contributed by atoms with Gasteiger partial charge in [0.15, 0.2) is 5.79 Å². The second-order valence-corrected chi connectivity index (χ2v) is 12.4. The SMILES string of the molecule is COc1ccc2c(c1)[C@]13CCN(CC4CC4)[C@H](C2)[C@]1(O)CC(CCOCc1ccccc1)C1(C3)OCCO1. The third-order valence-corrected chi connectivity index (χ3v) is 10.3. The van der Waals surface area contributed by atoms with Gasteiger partial charge in [-0.25, -0.2) is 0 Å². The van der Waals surface area contributed by atoms with Crippen molar-refractivity contribution in [1.82, 2.24) is 4.90 Å². The van der Waals surface area contributed by atoms with Gasteiger partial charge in [0, 0.05) is 36.9 Å². The Morgan fingerprint density at radius 2 is 1.89 bits per heavy atom. The molecule has 2 saturated heterocycles. The quantitative estimate of drug-likeness (QED) is 0.520. The average Bonchev–Trinajstić information content (AvgIpc) is 3.64. The zero-order valence-electron chi connectivity index (χ0n) is 22.6. The van der Waals surface area contributed by atoms with Crippen molar-refractivity contribution in [2.75, 3.05) is 40.0 Å². The van der Waals surface area contributed by atoms with Gasteiger partial charge in [-0.05, 0) is 79.8 Å². The summed E-state index contributed by atoms with van der Waals surface area (Å²) in [6.07, 6.45) is 6.62. The fourth-order valence-corrected chi connectivity index (χ4v) is 8.24. The predicted molar refractivity (Wildman–Crippen MR) is 144 cm³/mol. The number of benzene rings is 2. The van der Waals surface area contributed by atoms with Gasteiger partial charge in [-0.3, -0.25) is 4.90 Å². The normalized spacial score (nSPS) is 33.6. The number of nitrogens with zero attached hydrogens (tertiary/aromatic N) is 1. The molecule has 7 rings (SSSR count). The molecule has 5 aliphatic rings. The molecule has 4 atom stereocenters. The summed E-state index contributed by atoms with van der Waals surface area (Å²) in [5, 5.41) is 13.0. The first-order chi connectivity index (χ1) is 18.6. The highest BCUT2D eigenvalue weighted by Crippen LogP contribution is 2.63. The summed E-state index contributed by atoms with van der Waals surface area (Å²) in [6.45, 7) is 4.56. The molecule has 204 valence electrons. The van der Waals surface area contributed by atoms with Crippen molar-refractivity contribution in [1.29, 1.82) is 0 Å². The molecular weight excluding hydrogens is 478 g/mol. The van der Waals surface area contributed by atoms with E-state index in [1.807, 2.05) is 18.2 Å². The minimum atomic E-state index is -0.843. The van der Waals surface area contributed by atoms with E-state index < -0.39 is 16.8 Å². The number of rotatable bonds is 8. The summed E-state index contributed by atoms with van der Waals surface area (Å²) >= 11 is 0. The highest BCUT2D eigenvalue weighted by molar-refractivity contribution is 5.49. The maximum Gasteiger partial charge on any atom is 0.172 e. The van der Waals surface area contributed by atoms with Crippen LogP contribution in [0.1, 0.15) is 55.2 Å². The fourth-order valence-electron chi connectivity index (χ4n) is 8.24. The molecule has 3 aliphatic carbocycles. The Kier molecular flexibility index (Phi) is 6.32. The number of fused-ring (bicyclic) bond motifs is 1. The van der Waals surface area contributed by atoms with E-state index in [9.17, 15) is 5.11 Å². The van der Waals surface area contributed by atoms with Crippen molar-refractivity contribution in [2.45, 2.75) is 74.4 Å². The van der Waals surface area contributed by atoms with Crippen LogP contribution in [-0.2, 0) is 32.7 Å². The van der Waals surface area contributed by atoms with Crippen molar-refractivity contribution < 1.29 is 24.1 Å². The number of ether oxygens (including phenoxy) is 4. The van der Waals surface area contributed by atoms with Crippen LogP contribution < -0.4 is 4.74 Å². The Morgan fingerprint density at radius 3 is 2.66 bits per heavy atom. The molecule has 2 aliphatic heterocycles. The molecule has 38 heavy (non-hydrogen) atoms. The average molecular weight is 520 g/mol. The van der Waals surface area contributed by atoms with Gasteiger partial charge in [0.05, 0.1) is 32.5 Å². The van der Waals surface area contributed by atoms with Crippen LogP contribution in [0.4, 0.5) is 0 Å². The van der Waals surface area contributed by atoms with Crippen molar-refractivity contribution >= 4 is 0 Å². The molecule has 2 aromatic carbocycles. The molecule has 6 heteroatoms. The van der Waals surface area contributed by atoms with Crippen LogP contribution in [0.5, 0.6) is 5.75 Å². The van der Waals surface area contributed by atoms with E-state index in [2.05, 4.69) is 35.2 Å². The Labute approximate surface area is 226 Å². The summed E-state index contributed by atoms with van der Waals surface area (Å²) in [4.78, 5) is 2.63. The molecule has 0 radical (unpaired) electrons. The maximum atomic E-state index is 13.0. The molecule has 2 bridgehead atoms. The first-order valence-corrected chi connectivity index (χ1v) is 14.6. The van der Waals surface area contributed by atoms with Crippen molar-refractivity contribution in [3.63, 3.8) is 0 Å². The van der Waals surface area contributed by atoms with E-state index in [4.69, 9.17) is 18.9 Å². The third-order valence-electron chi connectivity index (χ3n) is 10.3. The van der Waals surface area contributed by atoms with E-state index >= 15 is 0 Å². The van der Waals surface area contributed by atoms with Crippen LogP contribution >= 0.6 is 0 Å². The number of hydrogen-bond donors (Lipinski definition) is 1. The molecule has 2 saturated carbocycles. The monoisotopic (exact) mass is 519 g/mol. The first-order valence-electron chi connectivity index (χ1n) is 14.6. The third kappa shape index (κ3) is 4.03. The Balaban J connectivity index is 1.21. The lowest BCUT2D eigenvalue weighted by molar-refractivity contribution is -0.288. The molecule has 0 amide bonds. The van der Waals surface area contributed by atoms with Gasteiger partial charge in [0.1, 0.15) is 5.75 Å². The summed E-state index contributed by atoms with van der Waals surface area (Å²) < 4.78 is 24.9. The van der Waals surface area contributed by atoms with Crippen LogP contribution in [0, 0.1) is 11.8 Å². The first kappa shape index (κ1) is 25.0. The van der Waals surface area contributed by atoms with Crippen LogP contribution in [0.25, 0.3) is 0 Å². The Morgan fingerprint density at radius 1 is 1.08 bits per heavy atom. The van der Waals surface area contributed by atoms with Crippen LogP contribution in [-0.4, -0.2) is 67.5 Å². The van der Waals surface area contributed by atoms with Gasteiger partial charge in [-0.1, -0.05) is 36.4 Å². The minimum absolute atomic E-state index is 0.0782. The zero-order chi connectivity index (χ0) is 25.8. The summed E-state index contributed by atoms with van der Waals surface area (Å²) in [5.74, 6) is 1.05. The lowest BCUT2D eigenvalue weighted by Gasteiger charge is -2.67. The molecule has 0 aromatic heterocycles. The smallest absolute Gasteiger partial charge is 0.172 e. The van der Waals surface area contributed by atoms with Gasteiger partial charge in [0.25, 0.3) is 0 Å².